The quantitative estimate of drug-likeness (QED) is 0.345. The summed E-state index contributed by atoms with van der Waals surface area (Å²) in [5, 5.41) is 4.19. The van der Waals surface area contributed by atoms with Gasteiger partial charge in [-0.15, -0.1) is 0 Å². The zero-order valence-electron chi connectivity index (χ0n) is 21.4. The van der Waals surface area contributed by atoms with Crippen molar-refractivity contribution in [2.45, 2.75) is 38.5 Å². The Bertz CT molecular complexity index is 1400. The van der Waals surface area contributed by atoms with Gasteiger partial charge in [0, 0.05) is 5.56 Å². The number of anilines is 1. The van der Waals surface area contributed by atoms with Crippen molar-refractivity contribution in [1.82, 2.24) is 5.43 Å². The Morgan fingerprint density at radius 1 is 0.973 bits per heavy atom. The topological polar surface area (TPSA) is 97.3 Å². The van der Waals surface area contributed by atoms with Gasteiger partial charge >= 0.3 is 0 Å². The summed E-state index contributed by atoms with van der Waals surface area (Å²) in [5.41, 5.74) is 6.19. The van der Waals surface area contributed by atoms with Gasteiger partial charge in [0.1, 0.15) is 19.8 Å². The van der Waals surface area contributed by atoms with E-state index in [2.05, 4.69) is 24.4 Å². The van der Waals surface area contributed by atoms with E-state index in [4.69, 9.17) is 9.47 Å². The summed E-state index contributed by atoms with van der Waals surface area (Å²) < 4.78 is 39.4. The van der Waals surface area contributed by atoms with Crippen molar-refractivity contribution in [2.24, 2.45) is 5.10 Å². The molecule has 0 aromatic heterocycles. The number of carbonyl (C=O) groups is 1. The predicted octanol–water partition coefficient (Wildman–Crippen LogP) is 4.63. The second kappa shape index (κ2) is 11.0. The highest BCUT2D eigenvalue weighted by Crippen LogP contribution is 2.31. The maximum absolute atomic E-state index is 13.6. The van der Waals surface area contributed by atoms with Crippen molar-refractivity contribution in [1.29, 1.82) is 0 Å². The molecule has 1 aliphatic heterocycles. The summed E-state index contributed by atoms with van der Waals surface area (Å²) in [6.07, 6.45) is 0. The molecular formula is C28H31N3O5S. The normalized spacial score (nSPS) is 13.4. The standard InChI is InChI=1S/C28H31N3O5S/c1-19(2)22-7-10-24(11-8-22)31(37(33,34)25-12-5-20(3)6-13-25)18-28(32)30-29-21(4)23-9-14-26-27(17-23)36-16-15-35-26/h5-14,17,19H,15-16,18H2,1-4H3,(H,30,32)/b29-21+. The van der Waals surface area contributed by atoms with Crippen molar-refractivity contribution < 1.29 is 22.7 Å². The number of hydrogen-bond donors (Lipinski definition) is 1. The number of nitrogens with one attached hydrogen (secondary N) is 1. The van der Waals surface area contributed by atoms with Gasteiger partial charge in [0.05, 0.1) is 16.3 Å². The van der Waals surface area contributed by atoms with E-state index in [-0.39, 0.29) is 10.8 Å². The van der Waals surface area contributed by atoms with Crippen LogP contribution in [0.2, 0.25) is 0 Å². The van der Waals surface area contributed by atoms with E-state index < -0.39 is 22.5 Å². The third kappa shape index (κ3) is 6.11. The minimum atomic E-state index is -4.01. The number of nitrogens with zero attached hydrogens (tertiary/aromatic N) is 2. The van der Waals surface area contributed by atoms with Crippen LogP contribution in [0.25, 0.3) is 0 Å². The molecular weight excluding hydrogens is 490 g/mol. The SMILES string of the molecule is C/C(=N\NC(=O)CN(c1ccc(C(C)C)cc1)S(=O)(=O)c1ccc(C)cc1)c1ccc2c(c1)OCCO2. The minimum Gasteiger partial charge on any atom is -0.486 e. The summed E-state index contributed by atoms with van der Waals surface area (Å²) in [6.45, 7) is 8.28. The monoisotopic (exact) mass is 521 g/mol. The smallest absolute Gasteiger partial charge is 0.264 e. The van der Waals surface area contributed by atoms with Crippen LogP contribution < -0.4 is 19.2 Å². The Morgan fingerprint density at radius 2 is 1.62 bits per heavy atom. The molecule has 1 aliphatic rings. The molecule has 3 aromatic rings. The van der Waals surface area contributed by atoms with E-state index in [1.807, 2.05) is 25.1 Å². The molecule has 37 heavy (non-hydrogen) atoms. The average molecular weight is 522 g/mol. The lowest BCUT2D eigenvalue weighted by Crippen LogP contribution is -2.39. The molecule has 1 heterocycles. The lowest BCUT2D eigenvalue weighted by Gasteiger charge is -2.24. The Morgan fingerprint density at radius 3 is 2.27 bits per heavy atom. The van der Waals surface area contributed by atoms with Crippen LogP contribution in [0.3, 0.4) is 0 Å². The van der Waals surface area contributed by atoms with Crippen molar-refractivity contribution in [3.8, 4) is 11.5 Å². The number of benzene rings is 3. The largest absolute Gasteiger partial charge is 0.486 e. The zero-order chi connectivity index (χ0) is 26.6. The molecule has 0 saturated heterocycles. The molecule has 0 fully saturated rings. The van der Waals surface area contributed by atoms with Crippen LogP contribution in [0.5, 0.6) is 11.5 Å². The summed E-state index contributed by atoms with van der Waals surface area (Å²) in [7, 11) is -4.01. The second-order valence-corrected chi connectivity index (χ2v) is 11.0. The number of rotatable bonds is 8. The number of hydrogen-bond acceptors (Lipinski definition) is 6. The fourth-order valence-electron chi connectivity index (χ4n) is 3.82. The highest BCUT2D eigenvalue weighted by atomic mass is 32.2. The molecule has 0 saturated carbocycles. The molecule has 0 aliphatic carbocycles. The molecule has 9 heteroatoms. The van der Waals surface area contributed by atoms with Crippen LogP contribution in [0, 0.1) is 6.92 Å². The highest BCUT2D eigenvalue weighted by Gasteiger charge is 2.27. The molecule has 0 atom stereocenters. The van der Waals surface area contributed by atoms with Gasteiger partial charge in [0.15, 0.2) is 11.5 Å². The van der Waals surface area contributed by atoms with Crippen LogP contribution in [-0.2, 0) is 14.8 Å². The number of aryl methyl sites for hydroxylation is 1. The fourth-order valence-corrected chi connectivity index (χ4v) is 5.24. The number of ether oxygens (including phenoxy) is 2. The molecule has 3 aromatic carbocycles. The highest BCUT2D eigenvalue weighted by molar-refractivity contribution is 7.92. The van der Waals surface area contributed by atoms with Crippen LogP contribution in [0.15, 0.2) is 76.7 Å². The fraction of sp³-hybridized carbons (Fsp3) is 0.286. The van der Waals surface area contributed by atoms with Gasteiger partial charge in [-0.25, -0.2) is 13.8 Å². The summed E-state index contributed by atoms with van der Waals surface area (Å²) >= 11 is 0. The van der Waals surface area contributed by atoms with Gasteiger partial charge in [-0.2, -0.15) is 5.10 Å². The molecule has 1 N–H and O–H groups in total. The third-order valence-electron chi connectivity index (χ3n) is 6.05. The molecule has 0 radical (unpaired) electrons. The van der Waals surface area contributed by atoms with Crippen molar-refractivity contribution in [3.63, 3.8) is 0 Å². The first-order valence-electron chi connectivity index (χ1n) is 12.1. The van der Waals surface area contributed by atoms with Crippen molar-refractivity contribution in [2.75, 3.05) is 24.1 Å². The van der Waals surface area contributed by atoms with Gasteiger partial charge in [-0.05, 0) is 67.8 Å². The maximum Gasteiger partial charge on any atom is 0.264 e. The summed E-state index contributed by atoms with van der Waals surface area (Å²) in [6, 6.07) is 19.1. The summed E-state index contributed by atoms with van der Waals surface area (Å²) in [5.74, 6) is 0.995. The third-order valence-corrected chi connectivity index (χ3v) is 7.84. The Balaban J connectivity index is 1.57. The van der Waals surface area contributed by atoms with Crippen LogP contribution in [0.1, 0.15) is 43.4 Å². The van der Waals surface area contributed by atoms with Crippen LogP contribution in [0.4, 0.5) is 5.69 Å². The zero-order valence-corrected chi connectivity index (χ0v) is 22.2. The maximum atomic E-state index is 13.6. The van der Waals surface area contributed by atoms with E-state index in [0.29, 0.717) is 36.1 Å². The molecule has 4 rings (SSSR count). The Hall–Kier alpha value is -3.85. The van der Waals surface area contributed by atoms with Crippen molar-refractivity contribution in [3.05, 3.63) is 83.4 Å². The molecule has 194 valence electrons. The van der Waals surface area contributed by atoms with Crippen LogP contribution >= 0.6 is 0 Å². The first-order chi connectivity index (χ1) is 17.6. The van der Waals surface area contributed by atoms with Gasteiger partial charge in [0.2, 0.25) is 0 Å². The Kier molecular flexibility index (Phi) is 7.83. The number of hydrazone groups is 1. The van der Waals surface area contributed by atoms with E-state index in [0.717, 1.165) is 21.0 Å². The van der Waals surface area contributed by atoms with Gasteiger partial charge in [0.25, 0.3) is 15.9 Å². The average Bonchev–Trinajstić information content (AvgIpc) is 2.90. The van der Waals surface area contributed by atoms with E-state index in [9.17, 15) is 13.2 Å². The second-order valence-electron chi connectivity index (χ2n) is 9.16. The lowest BCUT2D eigenvalue weighted by molar-refractivity contribution is -0.119. The van der Waals surface area contributed by atoms with E-state index in [1.165, 1.54) is 0 Å². The van der Waals surface area contributed by atoms with Gasteiger partial charge in [-0.3, -0.25) is 9.10 Å². The number of amides is 1. The molecule has 1 amide bonds. The minimum absolute atomic E-state index is 0.106. The number of fused-ring (bicyclic) bond motifs is 1. The molecule has 0 spiro atoms. The predicted molar refractivity (Wildman–Crippen MR) is 144 cm³/mol. The molecule has 8 nitrogen and oxygen atoms in total. The lowest BCUT2D eigenvalue weighted by atomic mass is 10.0. The molecule has 0 bridgehead atoms. The van der Waals surface area contributed by atoms with E-state index in [1.54, 1.807) is 55.5 Å². The first kappa shape index (κ1) is 26.2. The number of carbonyl (C=O) groups excluding carboxylic acids is 1. The Labute approximate surface area is 218 Å². The summed E-state index contributed by atoms with van der Waals surface area (Å²) in [4.78, 5) is 13.0. The van der Waals surface area contributed by atoms with Crippen molar-refractivity contribution >= 4 is 27.3 Å². The van der Waals surface area contributed by atoms with Gasteiger partial charge < -0.3 is 9.47 Å². The first-order valence-corrected chi connectivity index (χ1v) is 13.5. The van der Waals surface area contributed by atoms with Crippen LogP contribution in [-0.4, -0.2) is 39.8 Å². The molecule has 0 unspecified atom stereocenters. The van der Waals surface area contributed by atoms with E-state index >= 15 is 0 Å². The van der Waals surface area contributed by atoms with Gasteiger partial charge in [-0.1, -0.05) is 43.7 Å². The number of sulfonamides is 1.